The lowest BCUT2D eigenvalue weighted by atomic mass is 10.5. The van der Waals surface area contributed by atoms with Crippen LogP contribution in [0.2, 0.25) is 0 Å². The molecule has 0 fully saturated rings. The van der Waals surface area contributed by atoms with E-state index in [9.17, 15) is 0 Å². The van der Waals surface area contributed by atoms with Crippen LogP contribution in [-0.4, -0.2) is 59.7 Å². The van der Waals surface area contributed by atoms with Crippen LogP contribution in [0.4, 0.5) is 5.95 Å². The van der Waals surface area contributed by atoms with E-state index in [-0.39, 0.29) is 0 Å². The molecule has 7 heteroatoms. The number of ether oxygens (including phenoxy) is 2. The zero-order chi connectivity index (χ0) is 14.8. The van der Waals surface area contributed by atoms with Crippen LogP contribution in [0.1, 0.15) is 27.2 Å². The minimum absolute atomic E-state index is 0.294. The number of hydrogen-bond donors (Lipinski definition) is 1. The molecule has 0 aliphatic carbocycles. The van der Waals surface area contributed by atoms with Gasteiger partial charge in [-0.1, -0.05) is 20.8 Å². The van der Waals surface area contributed by atoms with E-state index in [1.54, 1.807) is 7.05 Å². The Morgan fingerprint density at radius 3 is 2.05 bits per heavy atom. The summed E-state index contributed by atoms with van der Waals surface area (Å²) in [6.07, 6.45) is 0.902. The highest BCUT2D eigenvalue weighted by molar-refractivity contribution is 5.26. The lowest BCUT2D eigenvalue weighted by molar-refractivity contribution is 0.207. The van der Waals surface area contributed by atoms with Gasteiger partial charge in [-0.05, 0) is 19.5 Å². The topological polar surface area (TPSA) is 72.4 Å². The SMILES string of the molecule is CCCOc1nc(NC)nc(OCCN(CC)CC)n1. The molecule has 0 saturated carbocycles. The smallest absolute Gasteiger partial charge is 0.324 e. The number of nitrogens with one attached hydrogen (secondary N) is 1. The molecule has 1 aromatic rings. The second-order valence-corrected chi connectivity index (χ2v) is 4.20. The maximum Gasteiger partial charge on any atom is 0.324 e. The third-order valence-corrected chi connectivity index (χ3v) is 2.79. The average molecular weight is 283 g/mol. The van der Waals surface area contributed by atoms with E-state index in [4.69, 9.17) is 9.47 Å². The minimum Gasteiger partial charge on any atom is -0.463 e. The molecule has 20 heavy (non-hydrogen) atoms. The molecule has 0 aromatic carbocycles. The maximum absolute atomic E-state index is 5.58. The average Bonchev–Trinajstić information content (AvgIpc) is 2.49. The number of aromatic nitrogens is 3. The molecule has 0 radical (unpaired) electrons. The lowest BCUT2D eigenvalue weighted by Crippen LogP contribution is -2.28. The van der Waals surface area contributed by atoms with Crippen molar-refractivity contribution >= 4 is 5.95 Å². The first-order valence-electron chi connectivity index (χ1n) is 7.15. The minimum atomic E-state index is 0.294. The zero-order valence-electron chi connectivity index (χ0n) is 12.8. The van der Waals surface area contributed by atoms with Gasteiger partial charge in [-0.2, -0.15) is 9.97 Å². The highest BCUT2D eigenvalue weighted by Crippen LogP contribution is 2.12. The van der Waals surface area contributed by atoms with Crippen LogP contribution in [0.3, 0.4) is 0 Å². The van der Waals surface area contributed by atoms with Crippen molar-refractivity contribution in [1.29, 1.82) is 0 Å². The van der Waals surface area contributed by atoms with Crippen molar-refractivity contribution in [2.75, 3.05) is 45.2 Å². The fourth-order valence-electron chi connectivity index (χ4n) is 1.58. The summed E-state index contributed by atoms with van der Waals surface area (Å²) < 4.78 is 11.0. The first-order chi connectivity index (χ1) is 9.73. The van der Waals surface area contributed by atoms with Gasteiger partial charge in [0.2, 0.25) is 5.95 Å². The molecule has 1 N–H and O–H groups in total. The first kappa shape index (κ1) is 16.4. The Hall–Kier alpha value is -1.63. The molecule has 1 heterocycles. The summed E-state index contributed by atoms with van der Waals surface area (Å²) >= 11 is 0. The summed E-state index contributed by atoms with van der Waals surface area (Å²) in [5, 5.41) is 2.87. The normalized spacial score (nSPS) is 10.7. The Morgan fingerprint density at radius 1 is 0.950 bits per heavy atom. The number of rotatable bonds is 10. The van der Waals surface area contributed by atoms with Crippen LogP contribution in [0.5, 0.6) is 12.0 Å². The summed E-state index contributed by atoms with van der Waals surface area (Å²) in [5.41, 5.74) is 0. The Kier molecular flexibility index (Phi) is 7.64. The van der Waals surface area contributed by atoms with Crippen molar-refractivity contribution in [2.24, 2.45) is 0 Å². The van der Waals surface area contributed by atoms with Gasteiger partial charge in [0.25, 0.3) is 0 Å². The van der Waals surface area contributed by atoms with Crippen LogP contribution >= 0.6 is 0 Å². The molecule has 1 rings (SSSR count). The zero-order valence-corrected chi connectivity index (χ0v) is 12.8. The highest BCUT2D eigenvalue weighted by atomic mass is 16.5. The standard InChI is InChI=1S/C13H25N5O2/c1-5-9-19-12-15-11(14-4)16-13(17-12)20-10-8-18(6-2)7-3/h5-10H2,1-4H3,(H,14,15,16,17). The molecule has 0 bridgehead atoms. The van der Waals surface area contributed by atoms with Crippen molar-refractivity contribution in [3.8, 4) is 12.0 Å². The maximum atomic E-state index is 5.58. The summed E-state index contributed by atoms with van der Waals surface area (Å²) in [4.78, 5) is 14.7. The molecule has 0 saturated heterocycles. The first-order valence-corrected chi connectivity index (χ1v) is 7.15. The summed E-state index contributed by atoms with van der Waals surface area (Å²) in [5.74, 6) is 0.448. The van der Waals surface area contributed by atoms with Gasteiger partial charge in [0.1, 0.15) is 6.61 Å². The predicted octanol–water partition coefficient (Wildman–Crippen LogP) is 1.42. The molecular formula is C13H25N5O2. The molecule has 114 valence electrons. The van der Waals surface area contributed by atoms with Gasteiger partial charge in [-0.15, -0.1) is 4.98 Å². The molecule has 0 spiro atoms. The van der Waals surface area contributed by atoms with Crippen molar-refractivity contribution < 1.29 is 9.47 Å². The third kappa shape index (κ3) is 5.56. The number of likely N-dealkylation sites (N-methyl/N-ethyl adjacent to an activating group) is 1. The Morgan fingerprint density at radius 2 is 1.55 bits per heavy atom. The Bertz CT molecular complexity index is 385. The van der Waals surface area contributed by atoms with Gasteiger partial charge in [0.15, 0.2) is 0 Å². The van der Waals surface area contributed by atoms with Crippen LogP contribution in [0.15, 0.2) is 0 Å². The molecular weight excluding hydrogens is 258 g/mol. The Balaban J connectivity index is 2.59. The fourth-order valence-corrected chi connectivity index (χ4v) is 1.58. The van der Waals surface area contributed by atoms with Crippen LogP contribution in [-0.2, 0) is 0 Å². The second kappa shape index (κ2) is 9.30. The predicted molar refractivity (Wildman–Crippen MR) is 78.4 cm³/mol. The van der Waals surface area contributed by atoms with Crippen molar-refractivity contribution in [2.45, 2.75) is 27.2 Å². The third-order valence-electron chi connectivity index (χ3n) is 2.79. The van der Waals surface area contributed by atoms with E-state index in [0.29, 0.717) is 31.2 Å². The summed E-state index contributed by atoms with van der Waals surface area (Å²) in [6, 6.07) is 0.589. The van der Waals surface area contributed by atoms with Crippen LogP contribution in [0.25, 0.3) is 0 Å². The molecule has 0 unspecified atom stereocenters. The largest absolute Gasteiger partial charge is 0.463 e. The van der Waals surface area contributed by atoms with Crippen LogP contribution < -0.4 is 14.8 Å². The molecule has 0 aliphatic rings. The van der Waals surface area contributed by atoms with Gasteiger partial charge in [0.05, 0.1) is 6.61 Å². The molecule has 0 atom stereocenters. The number of hydrogen-bond acceptors (Lipinski definition) is 7. The van der Waals surface area contributed by atoms with E-state index in [1.807, 2.05) is 6.92 Å². The number of nitrogens with zero attached hydrogens (tertiary/aromatic N) is 4. The Labute approximate surface area is 120 Å². The number of anilines is 1. The summed E-state index contributed by atoms with van der Waals surface area (Å²) in [7, 11) is 1.75. The van der Waals surface area contributed by atoms with Crippen molar-refractivity contribution in [3.63, 3.8) is 0 Å². The molecule has 0 aliphatic heterocycles. The molecule has 1 aromatic heterocycles. The van der Waals surface area contributed by atoms with E-state index in [2.05, 4.69) is 39.0 Å². The van der Waals surface area contributed by atoms with Gasteiger partial charge < -0.3 is 19.7 Å². The van der Waals surface area contributed by atoms with Gasteiger partial charge in [-0.25, -0.2) is 0 Å². The molecule has 0 amide bonds. The van der Waals surface area contributed by atoms with Crippen LogP contribution in [0, 0.1) is 0 Å². The summed E-state index contributed by atoms with van der Waals surface area (Å²) in [6.45, 7) is 10.3. The van der Waals surface area contributed by atoms with Gasteiger partial charge in [0, 0.05) is 13.6 Å². The van der Waals surface area contributed by atoms with E-state index >= 15 is 0 Å². The lowest BCUT2D eigenvalue weighted by Gasteiger charge is -2.17. The quantitative estimate of drug-likeness (QED) is 0.696. The van der Waals surface area contributed by atoms with E-state index < -0.39 is 0 Å². The van der Waals surface area contributed by atoms with Gasteiger partial charge >= 0.3 is 12.0 Å². The molecule has 7 nitrogen and oxygen atoms in total. The second-order valence-electron chi connectivity index (χ2n) is 4.20. The van der Waals surface area contributed by atoms with E-state index in [1.165, 1.54) is 0 Å². The fraction of sp³-hybridized carbons (Fsp3) is 0.769. The van der Waals surface area contributed by atoms with E-state index in [0.717, 1.165) is 26.1 Å². The van der Waals surface area contributed by atoms with Crippen molar-refractivity contribution in [1.82, 2.24) is 19.9 Å². The van der Waals surface area contributed by atoms with Crippen molar-refractivity contribution in [3.05, 3.63) is 0 Å². The highest BCUT2D eigenvalue weighted by Gasteiger charge is 2.08. The monoisotopic (exact) mass is 283 g/mol. The van der Waals surface area contributed by atoms with Gasteiger partial charge in [-0.3, -0.25) is 0 Å².